The number of carboxylic acid groups (broad SMARTS) is 1. The normalized spacial score (nSPS) is 12.3. The second-order valence-corrected chi connectivity index (χ2v) is 10.3. The third kappa shape index (κ3) is 27.1. The lowest BCUT2D eigenvalue weighted by Gasteiger charge is -2.17. The number of carboxylic acids is 1. The van der Waals surface area contributed by atoms with Gasteiger partial charge in [0.25, 0.3) is 0 Å². The molecular weight excluding hydrogens is 436 g/mol. The third-order valence-electron chi connectivity index (χ3n) is 6.72. The van der Waals surface area contributed by atoms with Gasteiger partial charge in [0.1, 0.15) is 6.10 Å². The number of hydrogen-bond acceptors (Lipinski definition) is 3. The van der Waals surface area contributed by atoms with Crippen LogP contribution in [0.4, 0.5) is 0 Å². The number of rotatable bonds is 27. The fourth-order valence-corrected chi connectivity index (χ4v) is 4.51. The summed E-state index contributed by atoms with van der Waals surface area (Å²) >= 11 is 0. The van der Waals surface area contributed by atoms with E-state index in [1.807, 2.05) is 0 Å². The van der Waals surface area contributed by atoms with Crippen LogP contribution in [-0.4, -0.2) is 23.1 Å². The van der Waals surface area contributed by atoms with Crippen molar-refractivity contribution in [3.8, 4) is 0 Å². The highest BCUT2D eigenvalue weighted by molar-refractivity contribution is 5.69. The van der Waals surface area contributed by atoms with E-state index in [9.17, 15) is 9.59 Å². The van der Waals surface area contributed by atoms with Crippen molar-refractivity contribution in [2.24, 2.45) is 0 Å². The lowest BCUT2D eigenvalue weighted by atomic mass is 10.0. The second-order valence-electron chi connectivity index (χ2n) is 10.3. The minimum Gasteiger partial charge on any atom is -0.481 e. The topological polar surface area (TPSA) is 63.6 Å². The van der Waals surface area contributed by atoms with Crippen LogP contribution in [0.3, 0.4) is 0 Å². The Morgan fingerprint density at radius 1 is 0.600 bits per heavy atom. The van der Waals surface area contributed by atoms with Gasteiger partial charge in [-0.3, -0.25) is 9.59 Å². The first-order chi connectivity index (χ1) is 17.1. The van der Waals surface area contributed by atoms with Crippen molar-refractivity contribution in [2.45, 2.75) is 174 Å². The number of carbonyl (C=O) groups is 2. The average Bonchev–Trinajstić information content (AvgIpc) is 2.83. The number of carbonyl (C=O) groups excluding carboxylic acids is 1. The fraction of sp³-hybridized carbons (Fsp3) is 0.871. The average molecular weight is 495 g/mol. The molecule has 4 nitrogen and oxygen atoms in total. The van der Waals surface area contributed by atoms with E-state index in [1.165, 1.54) is 83.5 Å². The summed E-state index contributed by atoms with van der Waals surface area (Å²) in [6, 6.07) is 0. The van der Waals surface area contributed by atoms with Crippen LogP contribution in [0.25, 0.3) is 0 Å². The van der Waals surface area contributed by atoms with Gasteiger partial charge < -0.3 is 9.84 Å². The van der Waals surface area contributed by atoms with Gasteiger partial charge in [-0.2, -0.15) is 0 Å². The first-order valence-electron chi connectivity index (χ1n) is 15.2. The van der Waals surface area contributed by atoms with Gasteiger partial charge in [-0.05, 0) is 51.4 Å². The number of unbranched alkanes of at least 4 members (excludes halogenated alkanes) is 16. The molecule has 0 fully saturated rings. The van der Waals surface area contributed by atoms with E-state index >= 15 is 0 Å². The molecule has 1 atom stereocenters. The minimum absolute atomic E-state index is 0.00524. The van der Waals surface area contributed by atoms with E-state index in [1.54, 1.807) is 0 Å². The molecule has 0 saturated heterocycles. The third-order valence-corrected chi connectivity index (χ3v) is 6.72. The lowest BCUT2D eigenvalue weighted by Crippen LogP contribution is -2.18. The highest BCUT2D eigenvalue weighted by Crippen LogP contribution is 2.17. The van der Waals surface area contributed by atoms with E-state index in [4.69, 9.17) is 9.84 Å². The Bertz CT molecular complexity index is 500. The molecule has 0 aliphatic rings. The number of aliphatic carboxylic acids is 1. The van der Waals surface area contributed by atoms with Crippen LogP contribution in [-0.2, 0) is 14.3 Å². The van der Waals surface area contributed by atoms with Gasteiger partial charge >= 0.3 is 11.9 Å². The van der Waals surface area contributed by atoms with Gasteiger partial charge in [0, 0.05) is 12.8 Å². The van der Waals surface area contributed by atoms with Gasteiger partial charge in [0.15, 0.2) is 0 Å². The van der Waals surface area contributed by atoms with Crippen molar-refractivity contribution in [3.63, 3.8) is 0 Å². The highest BCUT2D eigenvalue weighted by atomic mass is 16.5. The van der Waals surface area contributed by atoms with Crippen LogP contribution in [0, 0.1) is 0 Å². The van der Waals surface area contributed by atoms with Gasteiger partial charge in [-0.1, -0.05) is 116 Å². The Balaban J connectivity index is 3.60. The fourth-order valence-electron chi connectivity index (χ4n) is 4.51. The molecule has 35 heavy (non-hydrogen) atoms. The van der Waals surface area contributed by atoms with Crippen molar-refractivity contribution in [2.75, 3.05) is 0 Å². The molecular formula is C31H58O4. The summed E-state index contributed by atoms with van der Waals surface area (Å²) in [7, 11) is 0. The highest BCUT2D eigenvalue weighted by Gasteiger charge is 2.13. The summed E-state index contributed by atoms with van der Waals surface area (Å²) in [4.78, 5) is 22.7. The molecule has 1 unspecified atom stereocenters. The first-order valence-corrected chi connectivity index (χ1v) is 15.2. The zero-order chi connectivity index (χ0) is 25.8. The van der Waals surface area contributed by atoms with Crippen LogP contribution in [0.2, 0.25) is 0 Å². The Morgan fingerprint density at radius 2 is 1.09 bits per heavy atom. The molecule has 1 N–H and O–H groups in total. The van der Waals surface area contributed by atoms with Gasteiger partial charge in [-0.25, -0.2) is 0 Å². The number of hydrogen-bond donors (Lipinski definition) is 1. The molecule has 0 aromatic carbocycles. The smallest absolute Gasteiger partial charge is 0.306 e. The van der Waals surface area contributed by atoms with Crippen molar-refractivity contribution in [3.05, 3.63) is 12.2 Å². The molecule has 0 amide bonds. The van der Waals surface area contributed by atoms with Crippen LogP contribution in [0.1, 0.15) is 168 Å². The van der Waals surface area contributed by atoms with E-state index in [-0.39, 0.29) is 12.1 Å². The predicted molar refractivity (Wildman–Crippen MR) is 149 cm³/mol. The Morgan fingerprint density at radius 3 is 1.63 bits per heavy atom. The Labute approximate surface area is 217 Å². The summed E-state index contributed by atoms with van der Waals surface area (Å²) in [6.07, 6.45) is 31.3. The molecule has 206 valence electrons. The zero-order valence-electron chi connectivity index (χ0n) is 23.4. The largest absolute Gasteiger partial charge is 0.481 e. The van der Waals surface area contributed by atoms with E-state index < -0.39 is 5.97 Å². The van der Waals surface area contributed by atoms with Crippen molar-refractivity contribution < 1.29 is 19.4 Å². The van der Waals surface area contributed by atoms with Crippen LogP contribution < -0.4 is 0 Å². The van der Waals surface area contributed by atoms with Crippen LogP contribution in [0.5, 0.6) is 0 Å². The van der Waals surface area contributed by atoms with E-state index in [0.29, 0.717) is 12.8 Å². The summed E-state index contributed by atoms with van der Waals surface area (Å²) < 4.78 is 5.80. The zero-order valence-corrected chi connectivity index (χ0v) is 23.4. The molecule has 4 heteroatoms. The second kappa shape index (κ2) is 27.3. The quantitative estimate of drug-likeness (QED) is 0.0701. The molecule has 0 aliphatic carbocycles. The Hall–Kier alpha value is -1.32. The number of ether oxygens (including phenoxy) is 1. The van der Waals surface area contributed by atoms with Crippen molar-refractivity contribution in [1.82, 2.24) is 0 Å². The molecule has 0 radical (unpaired) electrons. The summed E-state index contributed by atoms with van der Waals surface area (Å²) in [6.45, 7) is 4.40. The van der Waals surface area contributed by atoms with Crippen molar-refractivity contribution >= 4 is 11.9 Å². The molecule has 0 saturated carbocycles. The standard InChI is InChI=1S/C31H58O4/c1-3-5-6-7-8-9-10-15-18-21-24-28-31(34)35-29(25-4-2)26-22-19-16-13-11-12-14-17-20-23-27-30(32)33/h7-8,29H,3-6,9-28H2,1-2H3,(H,32,33)/b8-7-. The first kappa shape index (κ1) is 33.7. The maximum Gasteiger partial charge on any atom is 0.306 e. The maximum absolute atomic E-state index is 12.3. The molecule has 0 bridgehead atoms. The minimum atomic E-state index is -0.677. The lowest BCUT2D eigenvalue weighted by molar-refractivity contribution is -0.150. The molecule has 0 heterocycles. The molecule has 0 rings (SSSR count). The number of allylic oxidation sites excluding steroid dienone is 2. The molecule has 0 spiro atoms. The van der Waals surface area contributed by atoms with Gasteiger partial charge in [0.2, 0.25) is 0 Å². The SMILES string of the molecule is CCCC/C=C\CCCCCCCC(=O)OC(CCC)CCCCCCCCCCCCC(=O)O. The summed E-state index contributed by atoms with van der Waals surface area (Å²) in [5.41, 5.74) is 0. The summed E-state index contributed by atoms with van der Waals surface area (Å²) in [5.74, 6) is -0.672. The van der Waals surface area contributed by atoms with Gasteiger partial charge in [0.05, 0.1) is 0 Å². The molecule has 0 aromatic heterocycles. The predicted octanol–water partition coefficient (Wildman–Crippen LogP) is 9.94. The van der Waals surface area contributed by atoms with Crippen molar-refractivity contribution in [1.29, 1.82) is 0 Å². The molecule has 0 aliphatic heterocycles. The Kier molecular flexibility index (Phi) is 26.2. The van der Waals surface area contributed by atoms with Gasteiger partial charge in [-0.15, -0.1) is 0 Å². The molecule has 0 aromatic rings. The monoisotopic (exact) mass is 494 g/mol. The van der Waals surface area contributed by atoms with Crippen LogP contribution in [0.15, 0.2) is 12.2 Å². The van der Waals surface area contributed by atoms with E-state index in [0.717, 1.165) is 57.8 Å². The van der Waals surface area contributed by atoms with Crippen LogP contribution >= 0.6 is 0 Å². The maximum atomic E-state index is 12.3. The van der Waals surface area contributed by atoms with E-state index in [2.05, 4.69) is 26.0 Å². The summed E-state index contributed by atoms with van der Waals surface area (Å²) in [5, 5.41) is 8.63. The number of esters is 1.